The third-order valence-electron chi connectivity index (χ3n) is 4.24. The minimum Gasteiger partial charge on any atom is -0.326 e. The Bertz CT molecular complexity index is 237. The Kier molecular flexibility index (Phi) is 5.63. The Morgan fingerprint density at radius 2 is 1.44 bits per heavy atom. The van der Waals surface area contributed by atoms with E-state index in [2.05, 4.69) is 51.3 Å². The van der Waals surface area contributed by atoms with E-state index >= 15 is 0 Å². The standard InChI is InChI=1S/C15H33N3/c1-7-13(16)14(15(4,5)6)18-10-8-17(9-11-18)12(2)3/h12-14H,7-11,16H2,1-6H3. The third kappa shape index (κ3) is 3.94. The highest BCUT2D eigenvalue weighted by Gasteiger charge is 2.36. The molecule has 2 unspecified atom stereocenters. The molecule has 18 heavy (non-hydrogen) atoms. The second kappa shape index (κ2) is 6.36. The predicted octanol–water partition coefficient (Wildman–Crippen LogP) is 2.16. The number of nitrogens with zero attached hydrogens (tertiary/aromatic N) is 2. The molecule has 2 N–H and O–H groups in total. The van der Waals surface area contributed by atoms with Crippen LogP contribution >= 0.6 is 0 Å². The van der Waals surface area contributed by atoms with E-state index in [0.717, 1.165) is 19.5 Å². The van der Waals surface area contributed by atoms with E-state index in [1.165, 1.54) is 13.1 Å². The van der Waals surface area contributed by atoms with E-state index in [9.17, 15) is 0 Å². The first kappa shape index (κ1) is 15.9. The van der Waals surface area contributed by atoms with Crippen molar-refractivity contribution in [3.05, 3.63) is 0 Å². The van der Waals surface area contributed by atoms with Crippen molar-refractivity contribution < 1.29 is 0 Å². The molecule has 1 heterocycles. The van der Waals surface area contributed by atoms with Crippen molar-refractivity contribution in [3.63, 3.8) is 0 Å². The molecule has 3 nitrogen and oxygen atoms in total. The SMILES string of the molecule is CCC(N)C(N1CCN(C(C)C)CC1)C(C)(C)C. The minimum atomic E-state index is 0.259. The van der Waals surface area contributed by atoms with Crippen LogP contribution in [0.5, 0.6) is 0 Å². The summed E-state index contributed by atoms with van der Waals surface area (Å²) in [6, 6.07) is 1.45. The lowest BCUT2D eigenvalue weighted by atomic mass is 9.80. The van der Waals surface area contributed by atoms with E-state index in [4.69, 9.17) is 5.73 Å². The van der Waals surface area contributed by atoms with Gasteiger partial charge in [0.2, 0.25) is 0 Å². The Morgan fingerprint density at radius 1 is 1.00 bits per heavy atom. The molecule has 0 spiro atoms. The van der Waals surface area contributed by atoms with E-state index in [0.29, 0.717) is 12.1 Å². The maximum Gasteiger partial charge on any atom is 0.0296 e. The second-order valence-corrected chi connectivity index (χ2v) is 7.05. The fourth-order valence-electron chi connectivity index (χ4n) is 3.22. The monoisotopic (exact) mass is 255 g/mol. The summed E-state index contributed by atoms with van der Waals surface area (Å²) in [5, 5.41) is 0. The van der Waals surface area contributed by atoms with Gasteiger partial charge in [-0.25, -0.2) is 0 Å². The van der Waals surface area contributed by atoms with Crippen LogP contribution in [0.3, 0.4) is 0 Å². The molecule has 0 aromatic carbocycles. The molecule has 0 radical (unpaired) electrons. The van der Waals surface area contributed by atoms with Crippen molar-refractivity contribution in [1.82, 2.24) is 9.80 Å². The van der Waals surface area contributed by atoms with Gasteiger partial charge in [0.15, 0.2) is 0 Å². The van der Waals surface area contributed by atoms with Gasteiger partial charge < -0.3 is 5.73 Å². The Hall–Kier alpha value is -0.120. The summed E-state index contributed by atoms with van der Waals surface area (Å²) < 4.78 is 0. The van der Waals surface area contributed by atoms with Gasteiger partial charge in [-0.1, -0.05) is 27.7 Å². The van der Waals surface area contributed by atoms with Crippen LogP contribution in [0.1, 0.15) is 48.0 Å². The lowest BCUT2D eigenvalue weighted by molar-refractivity contribution is 0.0224. The van der Waals surface area contributed by atoms with Gasteiger partial charge in [-0.05, 0) is 25.7 Å². The highest BCUT2D eigenvalue weighted by molar-refractivity contribution is 4.92. The summed E-state index contributed by atoms with van der Waals surface area (Å²) in [6.45, 7) is 18.4. The number of nitrogens with two attached hydrogens (primary N) is 1. The van der Waals surface area contributed by atoms with Gasteiger partial charge in [-0.2, -0.15) is 0 Å². The predicted molar refractivity (Wildman–Crippen MR) is 79.8 cm³/mol. The molecule has 1 aliphatic rings. The second-order valence-electron chi connectivity index (χ2n) is 7.05. The molecule has 0 aliphatic carbocycles. The number of piperazine rings is 1. The average molecular weight is 255 g/mol. The van der Waals surface area contributed by atoms with Crippen molar-refractivity contribution in [2.75, 3.05) is 26.2 Å². The van der Waals surface area contributed by atoms with Crippen molar-refractivity contribution in [2.45, 2.75) is 66.1 Å². The van der Waals surface area contributed by atoms with Crippen molar-refractivity contribution in [3.8, 4) is 0 Å². The fourth-order valence-corrected chi connectivity index (χ4v) is 3.22. The normalized spacial score (nSPS) is 23.3. The zero-order valence-corrected chi connectivity index (χ0v) is 13.2. The highest BCUT2D eigenvalue weighted by atomic mass is 15.3. The smallest absolute Gasteiger partial charge is 0.0296 e. The number of hydrogen-bond acceptors (Lipinski definition) is 3. The molecule has 0 aromatic rings. The zero-order chi connectivity index (χ0) is 13.9. The van der Waals surface area contributed by atoms with Gasteiger partial charge in [0.1, 0.15) is 0 Å². The Labute approximate surface area is 114 Å². The van der Waals surface area contributed by atoms with Crippen LogP contribution < -0.4 is 5.73 Å². The topological polar surface area (TPSA) is 32.5 Å². The summed E-state index contributed by atoms with van der Waals surface area (Å²) >= 11 is 0. The molecule has 0 saturated carbocycles. The maximum absolute atomic E-state index is 6.37. The zero-order valence-electron chi connectivity index (χ0n) is 13.2. The molecule has 3 heteroatoms. The molecule has 0 aromatic heterocycles. The highest BCUT2D eigenvalue weighted by Crippen LogP contribution is 2.28. The summed E-state index contributed by atoms with van der Waals surface area (Å²) in [4.78, 5) is 5.18. The quantitative estimate of drug-likeness (QED) is 0.835. The van der Waals surface area contributed by atoms with Crippen LogP contribution in [-0.4, -0.2) is 54.1 Å². The van der Waals surface area contributed by atoms with Gasteiger partial charge in [0, 0.05) is 44.3 Å². The van der Waals surface area contributed by atoms with Crippen LogP contribution in [0, 0.1) is 5.41 Å². The van der Waals surface area contributed by atoms with Gasteiger partial charge in [0.05, 0.1) is 0 Å². The first-order valence-electron chi connectivity index (χ1n) is 7.51. The fraction of sp³-hybridized carbons (Fsp3) is 1.00. The lowest BCUT2D eigenvalue weighted by Gasteiger charge is -2.47. The molecule has 2 atom stereocenters. The third-order valence-corrected chi connectivity index (χ3v) is 4.24. The molecule has 108 valence electrons. The molecular weight excluding hydrogens is 222 g/mol. The van der Waals surface area contributed by atoms with Gasteiger partial charge in [-0.15, -0.1) is 0 Å². The van der Waals surface area contributed by atoms with Gasteiger partial charge in [0.25, 0.3) is 0 Å². The van der Waals surface area contributed by atoms with Crippen LogP contribution in [0.25, 0.3) is 0 Å². The number of rotatable bonds is 4. The molecule has 1 fully saturated rings. The van der Waals surface area contributed by atoms with Crippen molar-refractivity contribution in [2.24, 2.45) is 11.1 Å². The molecule has 0 amide bonds. The lowest BCUT2D eigenvalue weighted by Crippen LogP contribution is -2.60. The van der Waals surface area contributed by atoms with Crippen LogP contribution in [0.2, 0.25) is 0 Å². The molecular formula is C15H33N3. The molecule has 1 aliphatic heterocycles. The summed E-state index contributed by atoms with van der Waals surface area (Å²) in [7, 11) is 0. The average Bonchev–Trinajstić information content (AvgIpc) is 2.27. The van der Waals surface area contributed by atoms with Crippen molar-refractivity contribution in [1.29, 1.82) is 0 Å². The molecule has 0 bridgehead atoms. The van der Waals surface area contributed by atoms with Crippen LogP contribution in [0.4, 0.5) is 0 Å². The first-order chi connectivity index (χ1) is 8.27. The summed E-state index contributed by atoms with van der Waals surface area (Å²) in [6.07, 6.45) is 1.06. The molecule has 1 rings (SSSR count). The summed E-state index contributed by atoms with van der Waals surface area (Å²) in [5.41, 5.74) is 6.63. The maximum atomic E-state index is 6.37. The molecule has 1 saturated heterocycles. The van der Waals surface area contributed by atoms with E-state index in [-0.39, 0.29) is 11.5 Å². The van der Waals surface area contributed by atoms with E-state index in [1.807, 2.05) is 0 Å². The minimum absolute atomic E-state index is 0.259. The van der Waals surface area contributed by atoms with Crippen molar-refractivity contribution >= 4 is 0 Å². The van der Waals surface area contributed by atoms with Crippen LogP contribution in [0.15, 0.2) is 0 Å². The van der Waals surface area contributed by atoms with E-state index in [1.54, 1.807) is 0 Å². The summed E-state index contributed by atoms with van der Waals surface area (Å²) in [5.74, 6) is 0. The van der Waals surface area contributed by atoms with Gasteiger partial charge >= 0.3 is 0 Å². The van der Waals surface area contributed by atoms with Crippen LogP contribution in [-0.2, 0) is 0 Å². The van der Waals surface area contributed by atoms with Gasteiger partial charge in [-0.3, -0.25) is 9.80 Å². The number of hydrogen-bond donors (Lipinski definition) is 1. The first-order valence-corrected chi connectivity index (χ1v) is 7.51. The Balaban J connectivity index is 2.67. The largest absolute Gasteiger partial charge is 0.326 e. The van der Waals surface area contributed by atoms with E-state index < -0.39 is 0 Å². The Morgan fingerprint density at radius 3 is 1.78 bits per heavy atom.